The molecule has 0 spiro atoms. The number of carbonyl (C=O) groups is 1. The minimum Gasteiger partial charge on any atom is -0.459 e. The molecule has 2 N–H and O–H groups in total. The Morgan fingerprint density at radius 3 is 2.88 bits per heavy atom. The molecular weight excluding hydrogens is 233 g/mol. The number of nitrogens with one attached hydrogen (secondary N) is 2. The van der Waals surface area contributed by atoms with E-state index in [1.807, 2.05) is 5.43 Å². The van der Waals surface area contributed by atoms with Gasteiger partial charge in [0, 0.05) is 0 Å². The molecule has 0 aliphatic heterocycles. The molecule has 0 fully saturated rings. The highest BCUT2D eigenvalue weighted by Gasteiger charge is 2.11. The van der Waals surface area contributed by atoms with Gasteiger partial charge in [-0.3, -0.25) is 20.0 Å². The van der Waals surface area contributed by atoms with Gasteiger partial charge < -0.3 is 4.42 Å². The van der Waals surface area contributed by atoms with Crippen LogP contribution >= 0.6 is 0 Å². The average molecular weight is 239 g/mol. The lowest BCUT2D eigenvalue weighted by Gasteiger charge is -2.04. The Hall–Kier alpha value is -2.64. The molecule has 0 atom stereocenters. The van der Waals surface area contributed by atoms with Gasteiger partial charge in [-0.1, -0.05) is 0 Å². The van der Waals surface area contributed by atoms with Gasteiger partial charge in [0.15, 0.2) is 5.76 Å². The zero-order valence-electron chi connectivity index (χ0n) is 8.27. The van der Waals surface area contributed by atoms with Crippen LogP contribution in [0.15, 0.2) is 38.6 Å². The van der Waals surface area contributed by atoms with Gasteiger partial charge in [-0.15, -0.1) is 0 Å². The average Bonchev–Trinajstić information content (AvgIpc) is 2.79. The molecule has 0 saturated carbocycles. The predicted octanol–water partition coefficient (Wildman–Crippen LogP) is -0.347. The quantitative estimate of drug-likeness (QED) is 0.748. The molecule has 0 aliphatic rings. The number of nitrogens with zero attached hydrogens (tertiary/aromatic N) is 1. The van der Waals surface area contributed by atoms with Crippen molar-refractivity contribution in [3.8, 4) is 0 Å². The van der Waals surface area contributed by atoms with Crippen LogP contribution in [0.25, 0.3) is 0 Å². The molecule has 8 heteroatoms. The van der Waals surface area contributed by atoms with E-state index < -0.39 is 23.0 Å². The first-order valence-electron chi connectivity index (χ1n) is 4.44. The number of H-pyrrole nitrogens is 1. The van der Waals surface area contributed by atoms with Gasteiger partial charge in [0.25, 0.3) is 5.56 Å². The Labute approximate surface area is 92.5 Å². The number of hydrogen-bond acceptors (Lipinski definition) is 4. The highest BCUT2D eigenvalue weighted by molar-refractivity contribution is 5.97. The Morgan fingerprint density at radius 2 is 2.24 bits per heavy atom. The Bertz CT molecular complexity index is 656. The molecule has 88 valence electrons. The molecule has 2 aromatic heterocycles. The standard InChI is InChI=1S/C9H6FN3O4/c10-5-4-13(9(16)11-7(5)14)12-8(15)6-2-1-3-17-6/h1-4H,(H,12,15)(H,11,14,16). The Morgan fingerprint density at radius 1 is 1.47 bits per heavy atom. The van der Waals surface area contributed by atoms with Crippen LogP contribution in [-0.2, 0) is 0 Å². The van der Waals surface area contributed by atoms with Crippen LogP contribution in [0.4, 0.5) is 4.39 Å². The van der Waals surface area contributed by atoms with Crippen LogP contribution in [-0.4, -0.2) is 15.6 Å². The number of carbonyl (C=O) groups excluding carboxylic acids is 1. The molecule has 2 aromatic rings. The largest absolute Gasteiger partial charge is 0.459 e. The van der Waals surface area contributed by atoms with E-state index in [2.05, 4.69) is 0 Å². The van der Waals surface area contributed by atoms with Gasteiger partial charge in [0.05, 0.1) is 12.5 Å². The van der Waals surface area contributed by atoms with E-state index in [4.69, 9.17) is 4.42 Å². The van der Waals surface area contributed by atoms with Crippen LogP contribution in [0.3, 0.4) is 0 Å². The van der Waals surface area contributed by atoms with Crippen molar-refractivity contribution in [2.75, 3.05) is 5.43 Å². The molecule has 7 nitrogen and oxygen atoms in total. The summed E-state index contributed by atoms with van der Waals surface area (Å²) < 4.78 is 18.2. The molecule has 0 unspecified atom stereocenters. The lowest BCUT2D eigenvalue weighted by molar-refractivity contribution is 0.0980. The fourth-order valence-corrected chi connectivity index (χ4v) is 1.10. The summed E-state index contributed by atoms with van der Waals surface area (Å²) in [6.07, 6.45) is 1.84. The van der Waals surface area contributed by atoms with Gasteiger partial charge in [-0.05, 0) is 12.1 Å². The third-order valence-corrected chi connectivity index (χ3v) is 1.87. The monoisotopic (exact) mass is 239 g/mol. The molecule has 0 radical (unpaired) electrons. The molecule has 2 heterocycles. The van der Waals surface area contributed by atoms with Crippen LogP contribution < -0.4 is 16.7 Å². The van der Waals surface area contributed by atoms with E-state index in [1.165, 1.54) is 18.4 Å². The topological polar surface area (TPSA) is 97.1 Å². The maximum Gasteiger partial charge on any atom is 0.347 e. The SMILES string of the molecule is O=C(Nn1cc(F)c(=O)[nH]c1=O)c1ccco1. The van der Waals surface area contributed by atoms with E-state index in [0.717, 1.165) is 0 Å². The second kappa shape index (κ2) is 4.08. The number of furan rings is 1. The first kappa shape index (κ1) is 10.9. The first-order valence-corrected chi connectivity index (χ1v) is 4.44. The van der Waals surface area contributed by atoms with Crippen molar-refractivity contribution in [1.29, 1.82) is 0 Å². The van der Waals surface area contributed by atoms with Crippen molar-refractivity contribution in [1.82, 2.24) is 9.66 Å². The van der Waals surface area contributed by atoms with Crippen molar-refractivity contribution >= 4 is 5.91 Å². The summed E-state index contributed by atoms with van der Waals surface area (Å²) in [4.78, 5) is 35.1. The van der Waals surface area contributed by atoms with E-state index in [9.17, 15) is 18.8 Å². The van der Waals surface area contributed by atoms with E-state index in [0.29, 0.717) is 10.9 Å². The van der Waals surface area contributed by atoms with Gasteiger partial charge in [0.1, 0.15) is 0 Å². The summed E-state index contributed by atoms with van der Waals surface area (Å²) in [5, 5.41) is 0. The maximum atomic E-state index is 12.9. The lowest BCUT2D eigenvalue weighted by atomic mass is 10.4. The van der Waals surface area contributed by atoms with E-state index >= 15 is 0 Å². The summed E-state index contributed by atoms with van der Waals surface area (Å²) in [5.41, 5.74) is -0.0739. The van der Waals surface area contributed by atoms with Gasteiger partial charge in [0.2, 0.25) is 5.82 Å². The molecule has 2 rings (SSSR count). The molecule has 0 bridgehead atoms. The molecule has 0 saturated heterocycles. The van der Waals surface area contributed by atoms with Gasteiger partial charge in [-0.25, -0.2) is 9.47 Å². The molecule has 17 heavy (non-hydrogen) atoms. The highest BCUT2D eigenvalue weighted by Crippen LogP contribution is 1.99. The third kappa shape index (κ3) is 2.14. The lowest BCUT2D eigenvalue weighted by Crippen LogP contribution is -2.38. The normalized spacial score (nSPS) is 10.2. The zero-order valence-corrected chi connectivity index (χ0v) is 8.27. The van der Waals surface area contributed by atoms with Crippen molar-refractivity contribution in [3.63, 3.8) is 0 Å². The number of halogens is 1. The Balaban J connectivity index is 2.31. The summed E-state index contributed by atoms with van der Waals surface area (Å²) in [6.45, 7) is 0. The zero-order chi connectivity index (χ0) is 12.4. The predicted molar refractivity (Wildman–Crippen MR) is 53.7 cm³/mol. The second-order valence-corrected chi connectivity index (χ2v) is 3.02. The summed E-state index contributed by atoms with van der Waals surface area (Å²) in [5.74, 6) is -1.99. The fourth-order valence-electron chi connectivity index (χ4n) is 1.10. The first-order chi connectivity index (χ1) is 8.08. The van der Waals surface area contributed by atoms with E-state index in [-0.39, 0.29) is 5.76 Å². The summed E-state index contributed by atoms with van der Waals surface area (Å²) in [7, 11) is 0. The van der Waals surface area contributed by atoms with Crippen molar-refractivity contribution in [3.05, 3.63) is 57.0 Å². The van der Waals surface area contributed by atoms with Crippen LogP contribution in [0, 0.1) is 5.82 Å². The summed E-state index contributed by atoms with van der Waals surface area (Å²) >= 11 is 0. The summed E-state index contributed by atoms with van der Waals surface area (Å²) in [6, 6.07) is 2.84. The number of amides is 1. The number of aromatic amines is 1. The number of aromatic nitrogens is 2. The van der Waals surface area contributed by atoms with Gasteiger partial charge >= 0.3 is 11.6 Å². The smallest absolute Gasteiger partial charge is 0.347 e. The Kier molecular flexibility index (Phi) is 2.61. The third-order valence-electron chi connectivity index (χ3n) is 1.87. The van der Waals surface area contributed by atoms with E-state index in [1.54, 1.807) is 4.98 Å². The number of rotatable bonds is 2. The van der Waals surface area contributed by atoms with Crippen LogP contribution in [0.5, 0.6) is 0 Å². The molecule has 0 aromatic carbocycles. The molecule has 1 amide bonds. The van der Waals surface area contributed by atoms with Crippen molar-refractivity contribution < 1.29 is 13.6 Å². The molecule has 0 aliphatic carbocycles. The second-order valence-electron chi connectivity index (χ2n) is 3.02. The van der Waals surface area contributed by atoms with Gasteiger partial charge in [-0.2, -0.15) is 4.39 Å². The molecular formula is C9H6FN3O4. The van der Waals surface area contributed by atoms with Crippen LogP contribution in [0.1, 0.15) is 10.6 Å². The minimum absolute atomic E-state index is 0.0523. The number of hydrogen-bond donors (Lipinski definition) is 2. The maximum absolute atomic E-state index is 12.9. The minimum atomic E-state index is -1.19. The van der Waals surface area contributed by atoms with Crippen molar-refractivity contribution in [2.45, 2.75) is 0 Å². The van der Waals surface area contributed by atoms with Crippen LogP contribution in [0.2, 0.25) is 0 Å². The fraction of sp³-hybridized carbons (Fsp3) is 0. The van der Waals surface area contributed by atoms with Crippen molar-refractivity contribution in [2.24, 2.45) is 0 Å². The highest BCUT2D eigenvalue weighted by atomic mass is 19.1.